The monoisotopic (exact) mass is 208 g/mol. The number of ether oxygens (including phenoxy) is 1. The SMILES string of the molecule is COC(=O)c1cc(C)nc(C(C)(C)C)n1. The van der Waals surface area contributed by atoms with E-state index in [1.807, 2.05) is 27.7 Å². The molecule has 0 saturated carbocycles. The van der Waals surface area contributed by atoms with E-state index in [-0.39, 0.29) is 5.41 Å². The molecule has 1 aromatic rings. The van der Waals surface area contributed by atoms with Crippen molar-refractivity contribution in [3.05, 3.63) is 23.3 Å². The Hall–Kier alpha value is -1.45. The smallest absolute Gasteiger partial charge is 0.356 e. The highest BCUT2D eigenvalue weighted by atomic mass is 16.5. The average Bonchev–Trinajstić information content (AvgIpc) is 2.14. The number of methoxy groups -OCH3 is 1. The van der Waals surface area contributed by atoms with E-state index in [4.69, 9.17) is 0 Å². The van der Waals surface area contributed by atoms with Crippen molar-refractivity contribution in [2.45, 2.75) is 33.1 Å². The number of aryl methyl sites for hydroxylation is 1. The first kappa shape index (κ1) is 11.6. The van der Waals surface area contributed by atoms with Crippen molar-refractivity contribution in [3.8, 4) is 0 Å². The van der Waals surface area contributed by atoms with Gasteiger partial charge >= 0.3 is 5.97 Å². The summed E-state index contributed by atoms with van der Waals surface area (Å²) in [5.41, 5.74) is 0.916. The van der Waals surface area contributed by atoms with Gasteiger partial charge in [-0.1, -0.05) is 20.8 Å². The molecule has 0 amide bonds. The van der Waals surface area contributed by atoms with Crippen molar-refractivity contribution in [1.29, 1.82) is 0 Å². The summed E-state index contributed by atoms with van der Waals surface area (Å²) in [6, 6.07) is 1.63. The van der Waals surface area contributed by atoms with Crippen LogP contribution in [0.1, 0.15) is 42.8 Å². The molecule has 0 saturated heterocycles. The molecule has 0 bridgehead atoms. The molecule has 0 aliphatic heterocycles. The Labute approximate surface area is 89.7 Å². The van der Waals surface area contributed by atoms with Gasteiger partial charge in [0.1, 0.15) is 5.82 Å². The van der Waals surface area contributed by atoms with Gasteiger partial charge in [-0.25, -0.2) is 14.8 Å². The van der Waals surface area contributed by atoms with Crippen LogP contribution < -0.4 is 0 Å². The van der Waals surface area contributed by atoms with Crippen LogP contribution in [0.25, 0.3) is 0 Å². The molecule has 0 aliphatic carbocycles. The lowest BCUT2D eigenvalue weighted by Crippen LogP contribution is -2.19. The maximum atomic E-state index is 11.3. The van der Waals surface area contributed by atoms with Crippen molar-refractivity contribution in [1.82, 2.24) is 9.97 Å². The van der Waals surface area contributed by atoms with E-state index in [1.54, 1.807) is 6.07 Å². The summed E-state index contributed by atoms with van der Waals surface area (Å²) >= 11 is 0. The van der Waals surface area contributed by atoms with Gasteiger partial charge in [-0.2, -0.15) is 0 Å². The van der Waals surface area contributed by atoms with Crippen LogP contribution >= 0.6 is 0 Å². The predicted molar refractivity (Wildman–Crippen MR) is 56.8 cm³/mol. The van der Waals surface area contributed by atoms with Gasteiger partial charge in [-0.05, 0) is 13.0 Å². The Kier molecular flexibility index (Phi) is 3.07. The highest BCUT2D eigenvalue weighted by Crippen LogP contribution is 2.18. The summed E-state index contributed by atoms with van der Waals surface area (Å²) in [5, 5.41) is 0. The third-order valence-electron chi connectivity index (χ3n) is 1.92. The number of aromatic nitrogens is 2. The van der Waals surface area contributed by atoms with Crippen LogP contribution in [0.4, 0.5) is 0 Å². The lowest BCUT2D eigenvalue weighted by atomic mass is 9.95. The second kappa shape index (κ2) is 3.96. The largest absolute Gasteiger partial charge is 0.464 e. The highest BCUT2D eigenvalue weighted by molar-refractivity contribution is 5.87. The number of hydrogen-bond acceptors (Lipinski definition) is 4. The van der Waals surface area contributed by atoms with Gasteiger partial charge in [-0.15, -0.1) is 0 Å². The van der Waals surface area contributed by atoms with Crippen LogP contribution in [-0.4, -0.2) is 23.0 Å². The molecule has 0 atom stereocenters. The minimum Gasteiger partial charge on any atom is -0.464 e. The van der Waals surface area contributed by atoms with E-state index in [0.29, 0.717) is 11.5 Å². The molecule has 15 heavy (non-hydrogen) atoms. The molecule has 82 valence electrons. The quantitative estimate of drug-likeness (QED) is 0.661. The summed E-state index contributed by atoms with van der Waals surface area (Å²) in [5.74, 6) is 0.230. The van der Waals surface area contributed by atoms with Crippen LogP contribution in [0.15, 0.2) is 6.07 Å². The fourth-order valence-corrected chi connectivity index (χ4v) is 1.11. The van der Waals surface area contributed by atoms with Gasteiger partial charge in [0.05, 0.1) is 7.11 Å². The molecule has 0 aromatic carbocycles. The summed E-state index contributed by atoms with van der Waals surface area (Å²) in [7, 11) is 1.34. The molecule has 0 spiro atoms. The van der Waals surface area contributed by atoms with E-state index in [0.717, 1.165) is 5.69 Å². The first-order chi connectivity index (χ1) is 6.84. The normalized spacial score (nSPS) is 11.3. The van der Waals surface area contributed by atoms with Crippen molar-refractivity contribution in [2.75, 3.05) is 7.11 Å². The molecule has 4 heteroatoms. The summed E-state index contributed by atoms with van der Waals surface area (Å²) < 4.78 is 4.63. The first-order valence-corrected chi connectivity index (χ1v) is 4.79. The number of hydrogen-bond donors (Lipinski definition) is 0. The van der Waals surface area contributed by atoms with E-state index >= 15 is 0 Å². The lowest BCUT2D eigenvalue weighted by molar-refractivity contribution is 0.0593. The lowest BCUT2D eigenvalue weighted by Gasteiger charge is -2.17. The molecule has 1 aromatic heterocycles. The zero-order valence-electron chi connectivity index (χ0n) is 9.79. The molecule has 0 unspecified atom stereocenters. The van der Waals surface area contributed by atoms with E-state index in [9.17, 15) is 4.79 Å². The summed E-state index contributed by atoms with van der Waals surface area (Å²) in [6.45, 7) is 7.85. The third-order valence-corrected chi connectivity index (χ3v) is 1.92. The van der Waals surface area contributed by atoms with Crippen molar-refractivity contribution in [3.63, 3.8) is 0 Å². The molecular weight excluding hydrogens is 192 g/mol. The van der Waals surface area contributed by atoms with E-state index in [1.165, 1.54) is 7.11 Å². The molecule has 1 heterocycles. The Morgan fingerprint density at radius 3 is 2.40 bits per heavy atom. The van der Waals surface area contributed by atoms with E-state index in [2.05, 4.69) is 14.7 Å². The fourth-order valence-electron chi connectivity index (χ4n) is 1.11. The molecule has 1 rings (SSSR count). The molecule has 0 radical (unpaired) electrons. The van der Waals surface area contributed by atoms with Gasteiger partial charge in [0.2, 0.25) is 0 Å². The Bertz CT molecular complexity index is 381. The number of nitrogens with zero attached hydrogens (tertiary/aromatic N) is 2. The van der Waals surface area contributed by atoms with Crippen LogP contribution in [0.3, 0.4) is 0 Å². The molecule has 0 aliphatic rings. The Morgan fingerprint density at radius 1 is 1.33 bits per heavy atom. The van der Waals surface area contributed by atoms with Gasteiger partial charge in [0.25, 0.3) is 0 Å². The zero-order chi connectivity index (χ0) is 11.6. The molecule has 4 nitrogen and oxygen atoms in total. The summed E-state index contributed by atoms with van der Waals surface area (Å²) in [6.07, 6.45) is 0. The van der Waals surface area contributed by atoms with Crippen LogP contribution in [-0.2, 0) is 10.2 Å². The summed E-state index contributed by atoms with van der Waals surface area (Å²) in [4.78, 5) is 19.8. The standard InChI is InChI=1S/C11H16N2O2/c1-7-6-8(9(14)15-5)13-10(12-7)11(2,3)4/h6H,1-5H3. The van der Waals surface area contributed by atoms with Gasteiger partial charge < -0.3 is 4.74 Å². The van der Waals surface area contributed by atoms with Crippen molar-refractivity contribution in [2.24, 2.45) is 0 Å². The van der Waals surface area contributed by atoms with E-state index < -0.39 is 5.97 Å². The fraction of sp³-hybridized carbons (Fsp3) is 0.545. The second-order valence-corrected chi connectivity index (χ2v) is 4.46. The number of carbonyl (C=O) groups is 1. The van der Waals surface area contributed by atoms with Gasteiger partial charge in [0.15, 0.2) is 5.69 Å². The topological polar surface area (TPSA) is 52.1 Å². The zero-order valence-corrected chi connectivity index (χ0v) is 9.79. The maximum Gasteiger partial charge on any atom is 0.356 e. The van der Waals surface area contributed by atoms with Crippen molar-refractivity contribution < 1.29 is 9.53 Å². The Morgan fingerprint density at radius 2 is 1.93 bits per heavy atom. The maximum absolute atomic E-state index is 11.3. The van der Waals surface area contributed by atoms with Crippen LogP contribution in [0.2, 0.25) is 0 Å². The number of esters is 1. The van der Waals surface area contributed by atoms with Crippen LogP contribution in [0.5, 0.6) is 0 Å². The van der Waals surface area contributed by atoms with Gasteiger partial charge in [-0.3, -0.25) is 0 Å². The average molecular weight is 208 g/mol. The third kappa shape index (κ3) is 2.75. The first-order valence-electron chi connectivity index (χ1n) is 4.79. The van der Waals surface area contributed by atoms with Crippen molar-refractivity contribution >= 4 is 5.97 Å². The van der Waals surface area contributed by atoms with Crippen LogP contribution in [0, 0.1) is 6.92 Å². The highest BCUT2D eigenvalue weighted by Gasteiger charge is 2.20. The van der Waals surface area contributed by atoms with Gasteiger partial charge in [0, 0.05) is 11.1 Å². The minimum atomic E-state index is -0.425. The minimum absolute atomic E-state index is 0.172. The molecular formula is C11H16N2O2. The molecule has 0 fully saturated rings. The predicted octanol–water partition coefficient (Wildman–Crippen LogP) is 1.87. The number of carbonyl (C=O) groups excluding carboxylic acids is 1. The second-order valence-electron chi connectivity index (χ2n) is 4.46. The molecule has 0 N–H and O–H groups in total. The number of rotatable bonds is 1. The Balaban J connectivity index is 3.23.